The van der Waals surface area contributed by atoms with Gasteiger partial charge in [-0.05, 0) is 101 Å². The summed E-state index contributed by atoms with van der Waals surface area (Å²) in [6, 6.07) is 24.1. The number of carbonyl (C=O) groups is 4. The Labute approximate surface area is 298 Å². The molecule has 3 N–H and O–H groups in total. The highest BCUT2D eigenvalue weighted by molar-refractivity contribution is 6.06. The van der Waals surface area contributed by atoms with E-state index in [0.29, 0.717) is 22.3 Å². The summed E-state index contributed by atoms with van der Waals surface area (Å²) in [6.07, 6.45) is -1.76. The Hall–Kier alpha value is -5.78. The second-order valence-electron chi connectivity index (χ2n) is 14.9. The quantitative estimate of drug-likeness (QED) is 0.0783. The number of nitrogens with zero attached hydrogens (tertiary/aromatic N) is 2. The van der Waals surface area contributed by atoms with E-state index in [-0.39, 0.29) is 34.6 Å². The zero-order chi connectivity index (χ0) is 37.6. The molecule has 4 rings (SSSR count). The van der Waals surface area contributed by atoms with E-state index in [4.69, 9.17) is 14.2 Å². The molecule has 51 heavy (non-hydrogen) atoms. The molecule has 0 fully saturated rings. The van der Waals surface area contributed by atoms with Crippen molar-refractivity contribution in [2.24, 2.45) is 10.4 Å². The average molecular weight is 696 g/mol. The van der Waals surface area contributed by atoms with Crippen molar-refractivity contribution >= 4 is 46.6 Å². The molecule has 12 heteroatoms. The summed E-state index contributed by atoms with van der Waals surface area (Å²) in [4.78, 5) is 59.4. The summed E-state index contributed by atoms with van der Waals surface area (Å²) in [6.45, 7) is 16.4. The zero-order valence-corrected chi connectivity index (χ0v) is 30.4. The molecular formula is C39H45N5O7. The molecule has 0 saturated heterocycles. The largest absolute Gasteiger partial charge is 0.444 e. The van der Waals surface area contributed by atoms with Gasteiger partial charge in [-0.1, -0.05) is 57.2 Å². The maximum Gasteiger partial charge on any atom is 0.437 e. The van der Waals surface area contributed by atoms with Crippen LogP contribution < -0.4 is 20.7 Å². The van der Waals surface area contributed by atoms with Crippen LogP contribution in [0.4, 0.5) is 15.3 Å². The third-order valence-corrected chi connectivity index (χ3v) is 6.98. The van der Waals surface area contributed by atoms with Crippen molar-refractivity contribution in [2.75, 3.05) is 5.32 Å². The standard InChI is InChI=1S/C39H45N5O7/c1-37(2,3)31(24-13-11-10-12-14-24)42-32(45)30-21-17-26-23-28(20-22-29(26)41-30)49-33(46)25-15-18-27(19-16-25)40-34(43-35(47)50-38(4,5)6)44-36(48)51-39(7,8)9/h10-23,31H,1-9H3,(H,42,45)(H2,40,43,44,47,48)/t31-/m0/s1. The molecule has 0 spiro atoms. The SMILES string of the molecule is CC(C)(C)OC(=O)/N=C(/NC(=O)OC(C)(C)C)Nc1ccc(C(=O)Oc2ccc3nc(C(=O)N[C@@H](c4ccccc4)C(C)(C)C)ccc3c2)cc1. The molecule has 0 saturated carbocycles. The lowest BCUT2D eigenvalue weighted by atomic mass is 9.82. The molecule has 1 atom stereocenters. The van der Waals surface area contributed by atoms with Gasteiger partial charge in [0.15, 0.2) is 0 Å². The van der Waals surface area contributed by atoms with Crippen LogP contribution in [0, 0.1) is 5.41 Å². The number of ether oxygens (including phenoxy) is 3. The van der Waals surface area contributed by atoms with Crippen molar-refractivity contribution in [3.05, 3.63) is 102 Å². The van der Waals surface area contributed by atoms with Crippen LogP contribution >= 0.6 is 0 Å². The van der Waals surface area contributed by atoms with E-state index in [1.54, 1.807) is 84.0 Å². The van der Waals surface area contributed by atoms with Gasteiger partial charge in [0.2, 0.25) is 5.96 Å². The van der Waals surface area contributed by atoms with Gasteiger partial charge in [0, 0.05) is 11.1 Å². The van der Waals surface area contributed by atoms with Gasteiger partial charge in [0.05, 0.1) is 17.1 Å². The Kier molecular flexibility index (Phi) is 11.5. The van der Waals surface area contributed by atoms with Crippen LogP contribution in [0.15, 0.2) is 89.9 Å². The average Bonchev–Trinajstić information content (AvgIpc) is 3.01. The van der Waals surface area contributed by atoms with Crippen LogP contribution in [0.5, 0.6) is 5.75 Å². The fourth-order valence-corrected chi connectivity index (χ4v) is 4.80. The van der Waals surface area contributed by atoms with Gasteiger partial charge >= 0.3 is 18.2 Å². The van der Waals surface area contributed by atoms with Gasteiger partial charge in [-0.15, -0.1) is 4.99 Å². The number of aromatic nitrogens is 1. The second kappa shape index (κ2) is 15.4. The van der Waals surface area contributed by atoms with E-state index in [1.807, 2.05) is 30.3 Å². The van der Waals surface area contributed by atoms with E-state index in [9.17, 15) is 19.2 Å². The first-order valence-electron chi connectivity index (χ1n) is 16.4. The smallest absolute Gasteiger partial charge is 0.437 e. The molecule has 0 aliphatic rings. The lowest BCUT2D eigenvalue weighted by Crippen LogP contribution is -2.40. The molecule has 3 amide bonds. The molecule has 268 valence electrons. The molecule has 1 aromatic heterocycles. The monoisotopic (exact) mass is 695 g/mol. The molecule has 3 aromatic carbocycles. The third-order valence-electron chi connectivity index (χ3n) is 6.98. The summed E-state index contributed by atoms with van der Waals surface area (Å²) in [5.74, 6) is -0.852. The van der Waals surface area contributed by atoms with Gasteiger partial charge in [0.25, 0.3) is 5.91 Å². The van der Waals surface area contributed by atoms with Gasteiger partial charge in [0.1, 0.15) is 22.6 Å². The molecule has 0 radical (unpaired) electrons. The molecule has 0 aliphatic heterocycles. The van der Waals surface area contributed by atoms with Crippen molar-refractivity contribution in [3.8, 4) is 5.75 Å². The number of hydrogen-bond acceptors (Lipinski definition) is 8. The molecule has 0 bridgehead atoms. The highest BCUT2D eigenvalue weighted by Crippen LogP contribution is 2.33. The lowest BCUT2D eigenvalue weighted by Gasteiger charge is -2.32. The van der Waals surface area contributed by atoms with E-state index in [1.165, 1.54) is 12.1 Å². The number of aliphatic imine (C=N–C) groups is 1. The minimum Gasteiger partial charge on any atom is -0.444 e. The summed E-state index contributed by atoms with van der Waals surface area (Å²) in [5.41, 5.74) is 0.648. The lowest BCUT2D eigenvalue weighted by molar-refractivity contribution is 0.0561. The number of benzene rings is 3. The van der Waals surface area contributed by atoms with Crippen molar-refractivity contribution in [2.45, 2.75) is 79.6 Å². The number of anilines is 1. The first-order chi connectivity index (χ1) is 23.8. The summed E-state index contributed by atoms with van der Waals surface area (Å²) < 4.78 is 16.1. The second-order valence-corrected chi connectivity index (χ2v) is 14.9. The number of esters is 1. The summed E-state index contributed by atoms with van der Waals surface area (Å²) >= 11 is 0. The number of amides is 3. The Morgan fingerprint density at radius 1 is 0.745 bits per heavy atom. The number of alkyl carbamates (subject to hydrolysis) is 1. The number of hydrogen-bond donors (Lipinski definition) is 3. The van der Waals surface area contributed by atoms with Crippen molar-refractivity contribution in [3.63, 3.8) is 0 Å². The maximum atomic E-state index is 13.3. The summed E-state index contributed by atoms with van der Waals surface area (Å²) in [5, 5.41) is 9.06. The van der Waals surface area contributed by atoms with Crippen molar-refractivity contribution < 1.29 is 33.4 Å². The molecule has 0 unspecified atom stereocenters. The topological polar surface area (TPSA) is 157 Å². The van der Waals surface area contributed by atoms with E-state index in [2.05, 4.69) is 46.7 Å². The van der Waals surface area contributed by atoms with Gasteiger partial charge in [-0.3, -0.25) is 10.1 Å². The number of carbonyl (C=O) groups excluding carboxylic acids is 4. The number of guanidine groups is 1. The van der Waals surface area contributed by atoms with Crippen molar-refractivity contribution in [1.82, 2.24) is 15.6 Å². The molecule has 1 heterocycles. The Morgan fingerprint density at radius 2 is 1.39 bits per heavy atom. The van der Waals surface area contributed by atoms with E-state index >= 15 is 0 Å². The van der Waals surface area contributed by atoms with Crippen LogP contribution in [-0.4, -0.2) is 46.2 Å². The van der Waals surface area contributed by atoms with Crippen LogP contribution in [0.2, 0.25) is 0 Å². The summed E-state index contributed by atoms with van der Waals surface area (Å²) in [7, 11) is 0. The molecule has 12 nitrogen and oxygen atoms in total. The Bertz CT molecular complexity index is 1920. The number of pyridine rings is 1. The van der Waals surface area contributed by atoms with Crippen molar-refractivity contribution in [1.29, 1.82) is 0 Å². The minimum absolute atomic E-state index is 0.225. The predicted octanol–water partition coefficient (Wildman–Crippen LogP) is 8.20. The maximum absolute atomic E-state index is 13.3. The fourth-order valence-electron chi connectivity index (χ4n) is 4.80. The molecule has 0 aliphatic carbocycles. The van der Waals surface area contributed by atoms with Gasteiger partial charge in [-0.2, -0.15) is 0 Å². The number of rotatable bonds is 6. The van der Waals surface area contributed by atoms with Gasteiger partial charge < -0.3 is 24.8 Å². The zero-order valence-electron chi connectivity index (χ0n) is 30.4. The number of nitrogens with one attached hydrogen (secondary N) is 3. The van der Waals surface area contributed by atoms with Crippen LogP contribution in [0.25, 0.3) is 10.9 Å². The van der Waals surface area contributed by atoms with Crippen LogP contribution in [0.3, 0.4) is 0 Å². The van der Waals surface area contributed by atoms with E-state index < -0.39 is 29.4 Å². The number of fused-ring (bicyclic) bond motifs is 1. The Balaban J connectivity index is 1.44. The fraction of sp³-hybridized carbons (Fsp3) is 0.333. The van der Waals surface area contributed by atoms with Gasteiger partial charge in [-0.25, -0.2) is 19.4 Å². The minimum atomic E-state index is -0.927. The normalized spacial score (nSPS) is 12.8. The molecule has 4 aromatic rings. The molecular weight excluding hydrogens is 650 g/mol. The first-order valence-corrected chi connectivity index (χ1v) is 16.4. The van der Waals surface area contributed by atoms with Crippen LogP contribution in [0.1, 0.15) is 94.8 Å². The van der Waals surface area contributed by atoms with Crippen LogP contribution in [-0.2, 0) is 9.47 Å². The predicted molar refractivity (Wildman–Crippen MR) is 196 cm³/mol. The first kappa shape index (κ1) is 38.0. The third kappa shape index (κ3) is 11.7. The van der Waals surface area contributed by atoms with E-state index in [0.717, 1.165) is 5.56 Å². The highest BCUT2D eigenvalue weighted by atomic mass is 16.6. The Morgan fingerprint density at radius 3 is 2.00 bits per heavy atom. The highest BCUT2D eigenvalue weighted by Gasteiger charge is 2.28.